The average molecular weight is 422 g/mol. The molecule has 4 rings (SSSR count). The van der Waals surface area contributed by atoms with Gasteiger partial charge < -0.3 is 9.64 Å². The van der Waals surface area contributed by atoms with Crippen molar-refractivity contribution in [1.29, 1.82) is 0 Å². The molecule has 156 valence electrons. The Morgan fingerprint density at radius 3 is 2.37 bits per heavy atom. The number of aromatic nitrogens is 3. The van der Waals surface area contributed by atoms with Gasteiger partial charge in [-0.1, -0.05) is 36.4 Å². The smallest absolute Gasteiger partial charge is 0.199 e. The molecule has 1 aliphatic rings. The second kappa shape index (κ2) is 9.28. The third kappa shape index (κ3) is 4.32. The number of hydrogen-bond acceptors (Lipinski definition) is 5. The number of rotatable bonds is 7. The van der Waals surface area contributed by atoms with E-state index in [1.165, 1.54) is 5.69 Å². The van der Waals surface area contributed by atoms with Crippen LogP contribution in [0.2, 0.25) is 0 Å². The van der Waals surface area contributed by atoms with Crippen LogP contribution in [0.5, 0.6) is 5.75 Å². The number of hydrogen-bond donors (Lipinski definition) is 0. The number of methoxy groups -OCH3 is 1. The van der Waals surface area contributed by atoms with Crippen molar-refractivity contribution in [2.24, 2.45) is 0 Å². The van der Waals surface area contributed by atoms with E-state index in [2.05, 4.69) is 40.6 Å². The van der Waals surface area contributed by atoms with Crippen LogP contribution in [0.25, 0.3) is 11.4 Å². The molecule has 0 amide bonds. The number of nitrogens with zero attached hydrogens (tertiary/aromatic N) is 5. The van der Waals surface area contributed by atoms with Gasteiger partial charge in [0.1, 0.15) is 5.75 Å². The molecule has 1 aromatic heterocycles. The number of benzene rings is 2. The highest BCUT2D eigenvalue weighted by Crippen LogP contribution is 2.21. The zero-order valence-corrected chi connectivity index (χ0v) is 18.1. The summed E-state index contributed by atoms with van der Waals surface area (Å²) in [6, 6.07) is 18.4. The molecule has 0 bridgehead atoms. The summed E-state index contributed by atoms with van der Waals surface area (Å²) in [6.07, 6.45) is 1.86. The summed E-state index contributed by atoms with van der Waals surface area (Å²) in [7, 11) is 1.69. The molecule has 0 spiro atoms. The standard InChI is InChI=1S/C23H27N5OS/c1-3-13-27-22(19-7-5-4-6-8-19)24-28(23(27)30)18-25-14-16-26(17-15-25)20-9-11-21(29-2)12-10-20/h3-12H,1,13-18H2,2H3. The largest absolute Gasteiger partial charge is 0.497 e. The maximum atomic E-state index is 5.74. The minimum atomic E-state index is 0.647. The fraction of sp³-hybridized carbons (Fsp3) is 0.304. The molecule has 0 N–H and O–H groups in total. The predicted octanol–water partition coefficient (Wildman–Crippen LogP) is 4.06. The Balaban J connectivity index is 1.46. The van der Waals surface area contributed by atoms with Gasteiger partial charge in [-0.25, -0.2) is 4.68 Å². The first-order valence-corrected chi connectivity index (χ1v) is 10.6. The molecule has 1 fully saturated rings. The van der Waals surface area contributed by atoms with Crippen LogP contribution in [0.3, 0.4) is 0 Å². The third-order valence-electron chi connectivity index (χ3n) is 5.41. The van der Waals surface area contributed by atoms with Crippen molar-refractivity contribution in [3.8, 4) is 17.1 Å². The Bertz CT molecular complexity index is 1030. The van der Waals surface area contributed by atoms with Gasteiger partial charge in [0.15, 0.2) is 10.6 Å². The van der Waals surface area contributed by atoms with Gasteiger partial charge in [0.25, 0.3) is 0 Å². The third-order valence-corrected chi connectivity index (χ3v) is 5.84. The zero-order chi connectivity index (χ0) is 20.9. The van der Waals surface area contributed by atoms with Gasteiger partial charge >= 0.3 is 0 Å². The molecule has 6 nitrogen and oxygen atoms in total. The van der Waals surface area contributed by atoms with Crippen LogP contribution in [0.15, 0.2) is 67.3 Å². The molecule has 0 aliphatic carbocycles. The second-order valence-corrected chi connectivity index (χ2v) is 7.68. The van der Waals surface area contributed by atoms with E-state index in [0.717, 1.165) is 48.1 Å². The minimum Gasteiger partial charge on any atom is -0.497 e. The van der Waals surface area contributed by atoms with E-state index in [1.54, 1.807) is 7.11 Å². The van der Waals surface area contributed by atoms with Crippen LogP contribution in [0.1, 0.15) is 0 Å². The highest BCUT2D eigenvalue weighted by molar-refractivity contribution is 7.71. The van der Waals surface area contributed by atoms with Crippen LogP contribution in [0.4, 0.5) is 5.69 Å². The number of ether oxygens (including phenoxy) is 1. The minimum absolute atomic E-state index is 0.647. The lowest BCUT2D eigenvalue weighted by Gasteiger charge is -2.35. The fourth-order valence-electron chi connectivity index (χ4n) is 3.76. The van der Waals surface area contributed by atoms with Crippen molar-refractivity contribution in [3.63, 3.8) is 0 Å². The molecule has 30 heavy (non-hydrogen) atoms. The lowest BCUT2D eigenvalue weighted by Crippen LogP contribution is -2.47. The van der Waals surface area contributed by atoms with E-state index < -0.39 is 0 Å². The number of anilines is 1. The Morgan fingerprint density at radius 1 is 1.03 bits per heavy atom. The molecule has 3 aromatic rings. The van der Waals surface area contributed by atoms with E-state index in [9.17, 15) is 0 Å². The van der Waals surface area contributed by atoms with Crippen molar-refractivity contribution >= 4 is 17.9 Å². The van der Waals surface area contributed by atoms with Crippen molar-refractivity contribution in [1.82, 2.24) is 19.2 Å². The van der Waals surface area contributed by atoms with Gasteiger partial charge in [0, 0.05) is 44.0 Å². The lowest BCUT2D eigenvalue weighted by atomic mass is 10.2. The molecule has 1 saturated heterocycles. The maximum absolute atomic E-state index is 5.74. The molecule has 0 atom stereocenters. The molecule has 2 aromatic carbocycles. The van der Waals surface area contributed by atoms with Crippen molar-refractivity contribution in [2.45, 2.75) is 13.2 Å². The summed E-state index contributed by atoms with van der Waals surface area (Å²) in [5, 5.41) is 4.85. The highest BCUT2D eigenvalue weighted by Gasteiger charge is 2.19. The van der Waals surface area contributed by atoms with E-state index >= 15 is 0 Å². The summed E-state index contributed by atoms with van der Waals surface area (Å²) in [5.41, 5.74) is 2.29. The van der Waals surface area contributed by atoms with E-state index in [4.69, 9.17) is 22.1 Å². The highest BCUT2D eigenvalue weighted by atomic mass is 32.1. The molecule has 0 saturated carbocycles. The van der Waals surface area contributed by atoms with Crippen molar-refractivity contribution < 1.29 is 4.74 Å². The maximum Gasteiger partial charge on any atom is 0.199 e. The van der Waals surface area contributed by atoms with Crippen LogP contribution < -0.4 is 9.64 Å². The molecule has 1 aliphatic heterocycles. The summed E-state index contributed by atoms with van der Waals surface area (Å²) in [4.78, 5) is 4.80. The van der Waals surface area contributed by atoms with Crippen LogP contribution in [-0.2, 0) is 13.2 Å². The fourth-order valence-corrected chi connectivity index (χ4v) is 4.02. The number of piperazine rings is 1. The van der Waals surface area contributed by atoms with Gasteiger partial charge in [-0.3, -0.25) is 9.47 Å². The first kappa shape index (κ1) is 20.4. The molecular formula is C23H27N5OS. The first-order chi connectivity index (χ1) is 14.7. The van der Waals surface area contributed by atoms with E-state index in [-0.39, 0.29) is 0 Å². The number of allylic oxidation sites excluding steroid dienone is 1. The topological polar surface area (TPSA) is 38.5 Å². The van der Waals surface area contributed by atoms with E-state index in [0.29, 0.717) is 13.2 Å². The van der Waals surface area contributed by atoms with Gasteiger partial charge in [-0.15, -0.1) is 6.58 Å². The Morgan fingerprint density at radius 2 is 1.73 bits per heavy atom. The molecular weight excluding hydrogens is 394 g/mol. The molecule has 0 unspecified atom stereocenters. The normalized spacial score (nSPS) is 14.6. The lowest BCUT2D eigenvalue weighted by molar-refractivity contribution is 0.194. The summed E-state index contributed by atoms with van der Waals surface area (Å²) in [6.45, 7) is 9.08. The Kier molecular flexibility index (Phi) is 6.30. The summed E-state index contributed by atoms with van der Waals surface area (Å²) < 4.78 is 9.97. The first-order valence-electron chi connectivity index (χ1n) is 10.1. The SMILES string of the molecule is C=CCn1c(-c2ccccc2)nn(CN2CCN(c3ccc(OC)cc3)CC2)c1=S. The molecule has 7 heteroatoms. The monoisotopic (exact) mass is 421 g/mol. The summed E-state index contributed by atoms with van der Waals surface area (Å²) >= 11 is 5.74. The van der Waals surface area contributed by atoms with Gasteiger partial charge in [0.2, 0.25) is 0 Å². The Hall–Kier alpha value is -2.90. The van der Waals surface area contributed by atoms with Crippen LogP contribution in [-0.4, -0.2) is 52.5 Å². The predicted molar refractivity (Wildman–Crippen MR) is 123 cm³/mol. The summed E-state index contributed by atoms with van der Waals surface area (Å²) in [5.74, 6) is 1.77. The van der Waals surface area contributed by atoms with Crippen molar-refractivity contribution in [3.05, 3.63) is 72.0 Å². The van der Waals surface area contributed by atoms with Gasteiger partial charge in [-0.2, -0.15) is 5.10 Å². The van der Waals surface area contributed by atoms with Crippen LogP contribution >= 0.6 is 12.2 Å². The molecule has 2 heterocycles. The van der Waals surface area contributed by atoms with Crippen molar-refractivity contribution in [2.75, 3.05) is 38.2 Å². The Labute approximate surface area is 182 Å². The van der Waals surface area contributed by atoms with Gasteiger partial charge in [0.05, 0.1) is 13.8 Å². The zero-order valence-electron chi connectivity index (χ0n) is 17.3. The molecule has 0 radical (unpaired) electrons. The quantitative estimate of drug-likeness (QED) is 0.425. The van der Waals surface area contributed by atoms with E-state index in [1.807, 2.05) is 45.7 Å². The van der Waals surface area contributed by atoms with Gasteiger partial charge in [-0.05, 0) is 36.5 Å². The average Bonchev–Trinajstić information content (AvgIpc) is 3.10. The second-order valence-electron chi connectivity index (χ2n) is 7.32. The van der Waals surface area contributed by atoms with Crippen LogP contribution in [0, 0.1) is 4.77 Å².